The molecule has 0 aliphatic heterocycles. The van der Waals surface area contributed by atoms with Gasteiger partial charge in [0.1, 0.15) is 12.1 Å². The van der Waals surface area contributed by atoms with E-state index in [2.05, 4.69) is 25.2 Å². The zero-order valence-electron chi connectivity index (χ0n) is 19.0. The van der Waals surface area contributed by atoms with E-state index in [4.69, 9.17) is 0 Å². The van der Waals surface area contributed by atoms with Crippen LogP contribution in [-0.4, -0.2) is 45.3 Å². The van der Waals surface area contributed by atoms with E-state index >= 15 is 0 Å². The minimum absolute atomic E-state index is 0.0538. The molecule has 1 fully saturated rings. The van der Waals surface area contributed by atoms with Gasteiger partial charge in [0.15, 0.2) is 0 Å². The topological polar surface area (TPSA) is 144 Å². The minimum Gasteiger partial charge on any atom is -0.380 e. The minimum atomic E-state index is -3.98. The van der Waals surface area contributed by atoms with Crippen LogP contribution in [0.25, 0.3) is 10.9 Å². The Balaban J connectivity index is 1.69. The van der Waals surface area contributed by atoms with Gasteiger partial charge in [0.25, 0.3) is 20.7 Å². The Labute approximate surface area is 195 Å². The zero-order chi connectivity index (χ0) is 24.5. The Morgan fingerprint density at radius 3 is 2.59 bits per heavy atom. The maximum absolute atomic E-state index is 15.0. The predicted molar refractivity (Wildman–Crippen MR) is 125 cm³/mol. The summed E-state index contributed by atoms with van der Waals surface area (Å²) >= 11 is 0. The summed E-state index contributed by atoms with van der Waals surface area (Å²) in [6.07, 6.45) is 6.26. The molecule has 0 bridgehead atoms. The molecule has 0 amide bonds. The van der Waals surface area contributed by atoms with Crippen molar-refractivity contribution < 1.29 is 12.8 Å². The van der Waals surface area contributed by atoms with Crippen LogP contribution in [-0.2, 0) is 16.6 Å². The molecule has 1 aliphatic rings. The van der Waals surface area contributed by atoms with Crippen molar-refractivity contribution in [3.8, 4) is 0 Å². The third-order valence-corrected chi connectivity index (χ3v) is 7.30. The molecule has 0 spiro atoms. The van der Waals surface area contributed by atoms with Gasteiger partial charge in [-0.15, -0.1) is 0 Å². The summed E-state index contributed by atoms with van der Waals surface area (Å²) in [5.41, 5.74) is -0.672. The number of rotatable bonds is 8. The predicted octanol–water partition coefficient (Wildman–Crippen LogP) is 1.72. The summed E-state index contributed by atoms with van der Waals surface area (Å²) in [4.78, 5) is 29.9. The zero-order valence-corrected chi connectivity index (χ0v) is 19.9. The summed E-state index contributed by atoms with van der Waals surface area (Å²) in [6, 6.07) is 2.51. The molecule has 4 rings (SSSR count). The van der Waals surface area contributed by atoms with Crippen LogP contribution in [0.4, 0.5) is 10.1 Å². The summed E-state index contributed by atoms with van der Waals surface area (Å²) in [5, 5.41) is 8.65. The van der Waals surface area contributed by atoms with Crippen LogP contribution < -0.4 is 21.3 Å². The molecule has 2 heterocycles. The van der Waals surface area contributed by atoms with Crippen molar-refractivity contribution in [1.82, 2.24) is 29.0 Å². The number of aromatic amines is 1. The third kappa shape index (κ3) is 4.75. The van der Waals surface area contributed by atoms with Crippen molar-refractivity contribution >= 4 is 26.6 Å². The van der Waals surface area contributed by atoms with Gasteiger partial charge in [-0.05, 0) is 38.8 Å². The number of nitrogens with one attached hydrogen (secondary N) is 3. The lowest BCUT2D eigenvalue weighted by molar-refractivity contribution is 0.460. The number of nitrogens with zero attached hydrogens (tertiary/aromatic N) is 4. The van der Waals surface area contributed by atoms with Crippen LogP contribution in [0.1, 0.15) is 52.0 Å². The molecular weight excluding hydrogens is 465 g/mol. The molecule has 1 aliphatic carbocycles. The normalized spacial score (nSPS) is 15.3. The Bertz CT molecular complexity index is 1390. The number of halogens is 1. The molecule has 0 unspecified atom stereocenters. The van der Waals surface area contributed by atoms with Gasteiger partial charge in [-0.3, -0.25) is 13.9 Å². The van der Waals surface area contributed by atoms with E-state index < -0.39 is 27.1 Å². The molecule has 34 heavy (non-hydrogen) atoms. The lowest BCUT2D eigenvalue weighted by Gasteiger charge is -2.25. The molecule has 0 radical (unpaired) electrons. The maximum Gasteiger partial charge on any atom is 0.331 e. The third-order valence-electron chi connectivity index (χ3n) is 6.01. The van der Waals surface area contributed by atoms with E-state index in [1.807, 2.05) is 0 Å². The van der Waals surface area contributed by atoms with E-state index in [9.17, 15) is 22.4 Å². The summed E-state index contributed by atoms with van der Waals surface area (Å²) < 4.78 is 44.0. The van der Waals surface area contributed by atoms with Crippen molar-refractivity contribution in [1.29, 1.82) is 0 Å². The lowest BCUT2D eigenvalue weighted by Crippen LogP contribution is -2.43. The standard InChI is InChI=1S/C21H28FN7O4S/c1-13(2)29-18-11-17(26-14-6-4-3-5-7-14)16(22)10-15(18)19(30)28(21(29)31)9-8-25-34(32,33)20-23-12-24-27-20/h10-14,25-26H,3-9H2,1-2H3,(H,23,24,27). The van der Waals surface area contributed by atoms with Crippen LogP contribution in [0, 0.1) is 5.82 Å². The average molecular weight is 494 g/mol. The van der Waals surface area contributed by atoms with E-state index in [1.54, 1.807) is 13.8 Å². The monoisotopic (exact) mass is 493 g/mol. The second-order valence-electron chi connectivity index (χ2n) is 8.72. The first-order valence-electron chi connectivity index (χ1n) is 11.3. The highest BCUT2D eigenvalue weighted by Crippen LogP contribution is 2.26. The van der Waals surface area contributed by atoms with Gasteiger partial charge < -0.3 is 5.32 Å². The number of benzene rings is 1. The fourth-order valence-corrected chi connectivity index (χ4v) is 5.21. The largest absolute Gasteiger partial charge is 0.380 e. The summed E-state index contributed by atoms with van der Waals surface area (Å²) in [7, 11) is -3.98. The molecule has 3 aromatic rings. The molecule has 0 saturated heterocycles. The van der Waals surface area contributed by atoms with Gasteiger partial charge >= 0.3 is 5.69 Å². The molecule has 0 atom stereocenters. The Hall–Kier alpha value is -3.06. The number of hydrogen-bond acceptors (Lipinski definition) is 7. The van der Waals surface area contributed by atoms with Crippen LogP contribution in [0.3, 0.4) is 0 Å². The van der Waals surface area contributed by atoms with Crippen molar-refractivity contribution in [2.75, 3.05) is 11.9 Å². The number of fused-ring (bicyclic) bond motifs is 1. The molecule has 3 N–H and O–H groups in total. The van der Waals surface area contributed by atoms with Crippen molar-refractivity contribution in [3.05, 3.63) is 45.1 Å². The first-order chi connectivity index (χ1) is 16.2. The molecule has 13 heteroatoms. The second kappa shape index (κ2) is 9.66. The van der Waals surface area contributed by atoms with E-state index in [0.717, 1.165) is 42.6 Å². The van der Waals surface area contributed by atoms with Gasteiger partial charge in [0.2, 0.25) is 0 Å². The second-order valence-corrected chi connectivity index (χ2v) is 10.4. The molecular formula is C21H28FN7O4S. The molecule has 2 aromatic heterocycles. The SMILES string of the molecule is CC(C)n1c(=O)n(CCNS(=O)(=O)c2ncn[nH]2)c(=O)c2cc(F)c(NC3CCCCC3)cc21. The smallest absolute Gasteiger partial charge is 0.331 e. The highest BCUT2D eigenvalue weighted by atomic mass is 32.2. The molecule has 1 aromatic carbocycles. The van der Waals surface area contributed by atoms with Gasteiger partial charge in [-0.1, -0.05) is 19.3 Å². The fraction of sp³-hybridized carbons (Fsp3) is 0.524. The van der Waals surface area contributed by atoms with E-state index in [1.165, 1.54) is 17.1 Å². The number of H-pyrrole nitrogens is 1. The highest BCUT2D eigenvalue weighted by molar-refractivity contribution is 7.89. The lowest BCUT2D eigenvalue weighted by atomic mass is 9.95. The average Bonchev–Trinajstić information content (AvgIpc) is 3.34. The van der Waals surface area contributed by atoms with Gasteiger partial charge in [-0.25, -0.2) is 32.4 Å². The van der Waals surface area contributed by atoms with Crippen LogP contribution in [0.5, 0.6) is 0 Å². The van der Waals surface area contributed by atoms with Crippen molar-refractivity contribution in [3.63, 3.8) is 0 Å². The number of hydrogen-bond donors (Lipinski definition) is 3. The van der Waals surface area contributed by atoms with Crippen molar-refractivity contribution in [2.24, 2.45) is 0 Å². The molecule has 11 nitrogen and oxygen atoms in total. The Kier molecular flexibility index (Phi) is 6.84. The number of anilines is 1. The van der Waals surface area contributed by atoms with Crippen LogP contribution in [0.2, 0.25) is 0 Å². The number of sulfonamides is 1. The quantitative estimate of drug-likeness (QED) is 0.433. The van der Waals surface area contributed by atoms with E-state index in [-0.39, 0.29) is 41.4 Å². The Morgan fingerprint density at radius 1 is 1.21 bits per heavy atom. The van der Waals surface area contributed by atoms with Crippen LogP contribution >= 0.6 is 0 Å². The highest BCUT2D eigenvalue weighted by Gasteiger charge is 2.21. The Morgan fingerprint density at radius 2 is 1.94 bits per heavy atom. The maximum atomic E-state index is 15.0. The van der Waals surface area contributed by atoms with Gasteiger partial charge in [0.05, 0.1) is 16.6 Å². The fourth-order valence-electron chi connectivity index (χ4n) is 4.36. The van der Waals surface area contributed by atoms with Crippen LogP contribution in [0.15, 0.2) is 33.2 Å². The van der Waals surface area contributed by atoms with Crippen molar-refractivity contribution in [2.45, 2.75) is 69.7 Å². The first-order valence-corrected chi connectivity index (χ1v) is 12.8. The van der Waals surface area contributed by atoms with E-state index in [0.29, 0.717) is 5.52 Å². The first kappa shape index (κ1) is 24.1. The molecule has 1 saturated carbocycles. The number of aromatic nitrogens is 5. The molecule has 184 valence electrons. The summed E-state index contributed by atoms with van der Waals surface area (Å²) in [5.74, 6) is -0.568. The van der Waals surface area contributed by atoms with Gasteiger partial charge in [0, 0.05) is 25.2 Å². The van der Waals surface area contributed by atoms with Gasteiger partial charge in [-0.2, -0.15) is 5.10 Å². The summed E-state index contributed by atoms with van der Waals surface area (Å²) in [6.45, 7) is 3.10.